The van der Waals surface area contributed by atoms with E-state index in [1.54, 1.807) is 16.7 Å². The molecule has 28 heavy (non-hydrogen) atoms. The second-order valence-corrected chi connectivity index (χ2v) is 8.28. The second-order valence-electron chi connectivity index (χ2n) is 6.20. The van der Waals surface area contributed by atoms with Crippen molar-refractivity contribution in [3.05, 3.63) is 74.2 Å². The van der Waals surface area contributed by atoms with E-state index in [4.69, 9.17) is 0 Å². The molecule has 0 aliphatic carbocycles. The Kier molecular flexibility index (Phi) is 5.24. The summed E-state index contributed by atoms with van der Waals surface area (Å²) in [7, 11) is 0. The molecule has 0 unspecified atom stereocenters. The molecule has 1 aliphatic heterocycles. The molecule has 5 nitrogen and oxygen atoms in total. The van der Waals surface area contributed by atoms with E-state index in [0.29, 0.717) is 23.6 Å². The minimum Gasteiger partial charge on any atom is -0.494 e. The van der Waals surface area contributed by atoms with Crippen molar-refractivity contribution in [3.63, 3.8) is 0 Å². The number of benzene rings is 2. The molecule has 1 aliphatic rings. The van der Waals surface area contributed by atoms with Gasteiger partial charge in [0.1, 0.15) is 0 Å². The van der Waals surface area contributed by atoms with Crippen LogP contribution in [0.15, 0.2) is 58.2 Å². The second kappa shape index (κ2) is 7.97. The molecule has 2 N–H and O–H groups in total. The van der Waals surface area contributed by atoms with Crippen molar-refractivity contribution in [2.75, 3.05) is 17.2 Å². The number of aromatic amines is 1. The van der Waals surface area contributed by atoms with Gasteiger partial charge in [0.2, 0.25) is 11.8 Å². The van der Waals surface area contributed by atoms with E-state index >= 15 is 0 Å². The third-order valence-electron chi connectivity index (χ3n) is 4.30. The lowest BCUT2D eigenvalue weighted by molar-refractivity contribution is -0.116. The number of carbonyl (C=O) groups is 1. The maximum absolute atomic E-state index is 12.2. The Labute approximate surface area is 170 Å². The summed E-state index contributed by atoms with van der Waals surface area (Å²) in [6.45, 7) is 0.351. The minimum atomic E-state index is -0.262. The van der Waals surface area contributed by atoms with Crippen LogP contribution in [0.3, 0.4) is 0 Å². The van der Waals surface area contributed by atoms with Crippen molar-refractivity contribution >= 4 is 34.7 Å². The van der Waals surface area contributed by atoms with Gasteiger partial charge in [0.25, 0.3) is 0 Å². The van der Waals surface area contributed by atoms with Crippen LogP contribution in [0.25, 0.3) is 0 Å². The first-order chi connectivity index (χ1) is 13.6. The molecule has 4 rings (SSSR count). The maximum atomic E-state index is 12.2. The molecule has 2 aromatic carbocycles. The van der Waals surface area contributed by atoms with Crippen molar-refractivity contribution in [1.29, 1.82) is 0 Å². The molecule has 1 amide bonds. The molecular weight excluding hydrogens is 392 g/mol. The summed E-state index contributed by atoms with van der Waals surface area (Å²) in [6.07, 6.45) is 0.486. The van der Waals surface area contributed by atoms with Crippen molar-refractivity contribution in [2.24, 2.45) is 0 Å². The van der Waals surface area contributed by atoms with E-state index in [1.807, 2.05) is 48.5 Å². The van der Waals surface area contributed by atoms with Crippen molar-refractivity contribution in [1.82, 2.24) is 4.98 Å². The van der Waals surface area contributed by atoms with Gasteiger partial charge in [-0.1, -0.05) is 47.4 Å². The fraction of sp³-hybridized carbons (Fsp3) is 0.143. The molecule has 0 bridgehead atoms. The lowest BCUT2D eigenvalue weighted by Gasteiger charge is -2.27. The molecule has 140 valence electrons. The van der Waals surface area contributed by atoms with Crippen molar-refractivity contribution in [3.8, 4) is 17.7 Å². The Morgan fingerprint density at radius 2 is 1.89 bits per heavy atom. The molecule has 0 saturated carbocycles. The summed E-state index contributed by atoms with van der Waals surface area (Å²) >= 11 is 2.57. The molecular formula is C21H16N2O3S2. The highest BCUT2D eigenvalue weighted by Gasteiger charge is 2.23. The maximum Gasteiger partial charge on any atom is 0.307 e. The Morgan fingerprint density at radius 3 is 2.64 bits per heavy atom. The first kappa shape index (κ1) is 18.4. The van der Waals surface area contributed by atoms with Crippen LogP contribution in [0.2, 0.25) is 0 Å². The van der Waals surface area contributed by atoms with Crippen LogP contribution in [0, 0.1) is 11.8 Å². The van der Waals surface area contributed by atoms with Gasteiger partial charge in [-0.2, -0.15) is 0 Å². The summed E-state index contributed by atoms with van der Waals surface area (Å²) in [4.78, 5) is 29.1. The Hall–Kier alpha value is -2.95. The van der Waals surface area contributed by atoms with E-state index in [2.05, 4.69) is 16.8 Å². The van der Waals surface area contributed by atoms with Crippen LogP contribution >= 0.6 is 23.1 Å². The van der Waals surface area contributed by atoms with E-state index in [-0.39, 0.29) is 16.7 Å². The number of thiazole rings is 1. The molecule has 7 heteroatoms. The quantitative estimate of drug-likeness (QED) is 0.653. The number of para-hydroxylation sites is 1. The van der Waals surface area contributed by atoms with Gasteiger partial charge in [0, 0.05) is 16.9 Å². The number of anilines is 1. The lowest BCUT2D eigenvalue weighted by Crippen LogP contribution is -2.35. The molecule has 0 spiro atoms. The van der Waals surface area contributed by atoms with Gasteiger partial charge >= 0.3 is 4.87 Å². The number of aromatic hydroxyl groups is 1. The van der Waals surface area contributed by atoms with E-state index in [9.17, 15) is 14.7 Å². The fourth-order valence-corrected chi connectivity index (χ4v) is 4.60. The number of nitrogens with zero attached hydrogens (tertiary/aromatic N) is 1. The zero-order valence-electron chi connectivity index (χ0n) is 14.8. The van der Waals surface area contributed by atoms with Gasteiger partial charge < -0.3 is 5.11 Å². The van der Waals surface area contributed by atoms with Gasteiger partial charge in [-0.3, -0.25) is 19.5 Å². The van der Waals surface area contributed by atoms with Crippen LogP contribution in [0.4, 0.5) is 5.69 Å². The third kappa shape index (κ3) is 3.98. The van der Waals surface area contributed by atoms with Gasteiger partial charge in [0.05, 0.1) is 22.9 Å². The molecule has 1 aromatic heterocycles. The van der Waals surface area contributed by atoms with Crippen LogP contribution in [0.1, 0.15) is 16.0 Å². The van der Waals surface area contributed by atoms with Crippen LogP contribution < -0.4 is 9.77 Å². The number of nitrogens with one attached hydrogen (secondary N) is 1. The van der Waals surface area contributed by atoms with Crippen molar-refractivity contribution in [2.45, 2.75) is 11.3 Å². The first-order valence-corrected chi connectivity index (χ1v) is 10.4. The van der Waals surface area contributed by atoms with Crippen LogP contribution in [0.5, 0.6) is 5.88 Å². The number of H-pyrrole nitrogens is 1. The summed E-state index contributed by atoms with van der Waals surface area (Å²) in [5, 5.41) is 9.68. The number of hydrogen-bond acceptors (Lipinski definition) is 5. The summed E-state index contributed by atoms with van der Waals surface area (Å²) in [5.41, 5.74) is 2.74. The number of carbonyl (C=O) groups excluding carboxylic acids is 1. The monoisotopic (exact) mass is 408 g/mol. The number of aromatic nitrogens is 1. The normalized spacial score (nSPS) is 13.0. The third-order valence-corrected chi connectivity index (χ3v) is 6.22. The molecule has 0 radical (unpaired) electrons. The number of rotatable bonds is 3. The predicted octanol–water partition coefficient (Wildman–Crippen LogP) is 3.22. The van der Waals surface area contributed by atoms with Crippen LogP contribution in [-0.2, 0) is 11.2 Å². The zero-order valence-corrected chi connectivity index (χ0v) is 16.4. The Balaban J connectivity index is 1.45. The van der Waals surface area contributed by atoms with Gasteiger partial charge in [-0.25, -0.2) is 0 Å². The van der Waals surface area contributed by atoms with E-state index in [1.165, 1.54) is 0 Å². The predicted molar refractivity (Wildman–Crippen MR) is 112 cm³/mol. The SMILES string of the molecule is O=C1CSc2ccccc2N1CC#Cc1ccc(Cc2sc(=O)[nH]c2O)cc1. The number of hydrogen-bond donors (Lipinski definition) is 2. The van der Waals surface area contributed by atoms with Crippen molar-refractivity contribution < 1.29 is 9.90 Å². The Morgan fingerprint density at radius 1 is 1.11 bits per heavy atom. The summed E-state index contributed by atoms with van der Waals surface area (Å²) in [6, 6.07) is 15.5. The highest BCUT2D eigenvalue weighted by atomic mass is 32.2. The average Bonchev–Trinajstić information content (AvgIpc) is 3.01. The minimum absolute atomic E-state index is 0.0662. The van der Waals surface area contributed by atoms with Gasteiger partial charge in [-0.05, 0) is 29.8 Å². The first-order valence-electron chi connectivity index (χ1n) is 8.61. The van der Waals surface area contributed by atoms with E-state index < -0.39 is 0 Å². The fourth-order valence-electron chi connectivity index (χ4n) is 2.91. The standard InChI is InChI=1S/C21H16N2O3S2/c24-19-13-27-17-6-2-1-5-16(17)23(19)11-3-4-14-7-9-15(10-8-14)12-18-20(25)22-21(26)28-18/h1-2,5-10,25H,11-13H2,(H,22,26). The van der Waals surface area contributed by atoms with Gasteiger partial charge in [0.15, 0.2) is 0 Å². The highest BCUT2D eigenvalue weighted by molar-refractivity contribution is 8.00. The molecule has 0 saturated heterocycles. The zero-order chi connectivity index (χ0) is 19.5. The number of fused-ring (bicyclic) bond motifs is 1. The molecule has 3 aromatic rings. The summed E-state index contributed by atoms with van der Waals surface area (Å²) in [5.74, 6) is 6.62. The highest BCUT2D eigenvalue weighted by Crippen LogP contribution is 2.34. The topological polar surface area (TPSA) is 73.4 Å². The van der Waals surface area contributed by atoms with Crippen LogP contribution in [-0.4, -0.2) is 28.3 Å². The summed E-state index contributed by atoms with van der Waals surface area (Å²) < 4.78 is 0. The molecule has 0 fully saturated rings. The Bertz CT molecular complexity index is 1140. The van der Waals surface area contributed by atoms with Gasteiger partial charge in [-0.15, -0.1) is 11.8 Å². The largest absolute Gasteiger partial charge is 0.494 e. The average molecular weight is 409 g/mol. The number of amides is 1. The smallest absolute Gasteiger partial charge is 0.307 e. The lowest BCUT2D eigenvalue weighted by atomic mass is 10.1. The molecule has 2 heterocycles. The molecule has 0 atom stereocenters. The van der Waals surface area contributed by atoms with E-state index in [0.717, 1.165) is 33.0 Å². The number of thioether (sulfide) groups is 1.